The largest absolute Gasteiger partial charge is 0.756 e. The summed E-state index contributed by atoms with van der Waals surface area (Å²) in [6.07, 6.45) is 71.5. The molecule has 72 heavy (non-hydrogen) atoms. The summed E-state index contributed by atoms with van der Waals surface area (Å²) in [4.78, 5) is 37.9. The second-order valence-electron chi connectivity index (χ2n) is 20.3. The first-order valence-electron chi connectivity index (χ1n) is 28.9. The van der Waals surface area contributed by atoms with Crippen molar-refractivity contribution in [3.8, 4) is 0 Å². The van der Waals surface area contributed by atoms with E-state index in [1.807, 2.05) is 21.1 Å². The number of likely N-dealkylation sites (N-methyl/N-ethyl adjacent to an activating group) is 1. The van der Waals surface area contributed by atoms with Crippen LogP contribution in [0.15, 0.2) is 97.2 Å². The Kier molecular flexibility index (Phi) is 50.5. The maximum absolute atomic E-state index is 12.8. The third-order valence-corrected chi connectivity index (χ3v) is 13.1. The molecule has 0 amide bonds. The van der Waals surface area contributed by atoms with Gasteiger partial charge in [0, 0.05) is 12.8 Å². The van der Waals surface area contributed by atoms with E-state index in [1.54, 1.807) is 0 Å². The number of rotatable bonds is 52. The highest BCUT2D eigenvalue weighted by Gasteiger charge is 2.21. The van der Waals surface area contributed by atoms with Crippen LogP contribution < -0.4 is 4.89 Å². The molecular weight excluding hydrogens is 918 g/mol. The molecule has 414 valence electrons. The molecule has 0 aliphatic heterocycles. The molecule has 0 aliphatic carbocycles. The molecule has 0 radical (unpaired) electrons. The number of esters is 2. The van der Waals surface area contributed by atoms with Crippen molar-refractivity contribution in [2.45, 2.75) is 238 Å². The first kappa shape index (κ1) is 68.9. The van der Waals surface area contributed by atoms with Crippen molar-refractivity contribution in [2.75, 3.05) is 47.5 Å². The lowest BCUT2D eigenvalue weighted by Gasteiger charge is -2.28. The summed E-state index contributed by atoms with van der Waals surface area (Å²) in [5.41, 5.74) is 0. The highest BCUT2D eigenvalue weighted by Crippen LogP contribution is 2.38. The number of unbranched alkanes of at least 4 members (excludes halogenated alkanes) is 22. The van der Waals surface area contributed by atoms with Gasteiger partial charge in [0.2, 0.25) is 0 Å². The fourth-order valence-electron chi connectivity index (χ4n) is 7.63. The predicted molar refractivity (Wildman–Crippen MR) is 305 cm³/mol. The predicted octanol–water partition coefficient (Wildman–Crippen LogP) is 17.4. The Labute approximate surface area is 443 Å². The normalized spacial score (nSPS) is 14.0. The Morgan fingerprint density at radius 2 is 0.792 bits per heavy atom. The number of hydrogen-bond donors (Lipinski definition) is 0. The average molecular weight is 1030 g/mol. The highest BCUT2D eigenvalue weighted by atomic mass is 31.2. The van der Waals surface area contributed by atoms with E-state index in [0.717, 1.165) is 103 Å². The van der Waals surface area contributed by atoms with Crippen molar-refractivity contribution >= 4 is 19.8 Å². The first-order chi connectivity index (χ1) is 35.0. The molecule has 0 aromatic rings. The van der Waals surface area contributed by atoms with Gasteiger partial charge in [0.25, 0.3) is 7.82 Å². The maximum Gasteiger partial charge on any atom is 0.306 e. The molecular formula is C62H108NO8P. The number of nitrogens with zero attached hydrogens (tertiary/aromatic N) is 1. The van der Waals surface area contributed by atoms with Crippen LogP contribution in [0.25, 0.3) is 0 Å². The summed E-state index contributed by atoms with van der Waals surface area (Å²) >= 11 is 0. The Hall–Kier alpha value is -3.07. The molecule has 9 nitrogen and oxygen atoms in total. The van der Waals surface area contributed by atoms with E-state index in [-0.39, 0.29) is 26.1 Å². The van der Waals surface area contributed by atoms with E-state index in [2.05, 4.69) is 111 Å². The number of hydrogen-bond acceptors (Lipinski definition) is 8. The molecule has 0 bridgehead atoms. The van der Waals surface area contributed by atoms with Crippen LogP contribution in [0.1, 0.15) is 232 Å². The topological polar surface area (TPSA) is 111 Å². The third-order valence-electron chi connectivity index (χ3n) is 12.1. The number of phosphoric acid groups is 1. The van der Waals surface area contributed by atoms with Crippen molar-refractivity contribution in [1.29, 1.82) is 0 Å². The summed E-state index contributed by atoms with van der Waals surface area (Å²) in [5, 5.41) is 0. The number of ether oxygens (including phenoxy) is 2. The number of carbonyl (C=O) groups is 2. The number of quaternary nitrogens is 1. The summed E-state index contributed by atoms with van der Waals surface area (Å²) in [6, 6.07) is 0. The summed E-state index contributed by atoms with van der Waals surface area (Å²) in [7, 11) is 1.15. The molecule has 0 fully saturated rings. The lowest BCUT2D eigenvalue weighted by atomic mass is 10.1. The van der Waals surface area contributed by atoms with E-state index in [4.69, 9.17) is 18.5 Å². The molecule has 0 saturated heterocycles. The van der Waals surface area contributed by atoms with Crippen molar-refractivity contribution < 1.29 is 42.1 Å². The van der Waals surface area contributed by atoms with Crippen LogP contribution in [0.2, 0.25) is 0 Å². The fourth-order valence-corrected chi connectivity index (χ4v) is 8.36. The Morgan fingerprint density at radius 1 is 0.444 bits per heavy atom. The van der Waals surface area contributed by atoms with Crippen LogP contribution in [0.4, 0.5) is 0 Å². The number of allylic oxidation sites excluding steroid dienone is 16. The number of carbonyl (C=O) groups excluding carboxylic acids is 2. The van der Waals surface area contributed by atoms with Crippen LogP contribution in [-0.4, -0.2) is 70.0 Å². The molecule has 0 rings (SSSR count). The van der Waals surface area contributed by atoms with Gasteiger partial charge in [0.15, 0.2) is 6.10 Å². The van der Waals surface area contributed by atoms with Crippen molar-refractivity contribution in [2.24, 2.45) is 0 Å². The van der Waals surface area contributed by atoms with E-state index >= 15 is 0 Å². The molecule has 0 spiro atoms. The molecule has 0 aliphatic rings. The van der Waals surface area contributed by atoms with Gasteiger partial charge in [-0.25, -0.2) is 0 Å². The maximum atomic E-state index is 12.8. The summed E-state index contributed by atoms with van der Waals surface area (Å²) < 4.78 is 34.2. The average Bonchev–Trinajstić information content (AvgIpc) is 3.34. The minimum Gasteiger partial charge on any atom is -0.756 e. The van der Waals surface area contributed by atoms with E-state index in [1.165, 1.54) is 96.3 Å². The fraction of sp³-hybridized carbons (Fsp3) is 0.710. The highest BCUT2D eigenvalue weighted by molar-refractivity contribution is 7.45. The SMILES string of the molecule is CC/C=C\C/C=C\C/C=C\C/C=C\C/C=C\CCCCCCCCCCCC(=O)OC(COC(=O)CCCCCCCCCC/C=C\C/C=C\C/C=C\CCCCCCC)COP(=O)([O-])OCC[N+](C)(C)C. The van der Waals surface area contributed by atoms with Gasteiger partial charge < -0.3 is 27.9 Å². The van der Waals surface area contributed by atoms with Crippen LogP contribution >= 0.6 is 7.82 Å². The lowest BCUT2D eigenvalue weighted by molar-refractivity contribution is -0.870. The van der Waals surface area contributed by atoms with Gasteiger partial charge in [-0.2, -0.15) is 0 Å². The Balaban J connectivity index is 4.23. The van der Waals surface area contributed by atoms with Gasteiger partial charge in [-0.05, 0) is 96.3 Å². The number of phosphoric ester groups is 1. The molecule has 0 saturated carbocycles. The monoisotopic (exact) mass is 1030 g/mol. The van der Waals surface area contributed by atoms with Crippen molar-refractivity contribution in [1.82, 2.24) is 0 Å². The van der Waals surface area contributed by atoms with E-state index < -0.39 is 32.5 Å². The smallest absolute Gasteiger partial charge is 0.306 e. The first-order valence-corrected chi connectivity index (χ1v) is 30.4. The zero-order valence-electron chi connectivity index (χ0n) is 46.8. The molecule has 0 aromatic heterocycles. The van der Waals surface area contributed by atoms with Crippen LogP contribution in [0.5, 0.6) is 0 Å². The molecule has 2 atom stereocenters. The van der Waals surface area contributed by atoms with Gasteiger partial charge in [0.05, 0.1) is 27.7 Å². The van der Waals surface area contributed by atoms with Gasteiger partial charge in [0.1, 0.15) is 19.8 Å². The van der Waals surface area contributed by atoms with Crippen LogP contribution in [0, 0.1) is 0 Å². The molecule has 0 N–H and O–H groups in total. The van der Waals surface area contributed by atoms with Gasteiger partial charge in [-0.15, -0.1) is 0 Å². The Morgan fingerprint density at radius 3 is 1.18 bits per heavy atom. The second-order valence-corrected chi connectivity index (χ2v) is 21.7. The van der Waals surface area contributed by atoms with Gasteiger partial charge in [-0.3, -0.25) is 14.2 Å². The standard InChI is InChI=1S/C62H108NO8P/c1-6-8-10-12-14-16-18-20-22-24-26-28-30-31-33-35-37-39-41-43-45-47-49-51-53-55-62(65)71-60(59-70-72(66,67)69-57-56-63(3,4)5)58-68-61(64)54-52-50-48-46-44-42-40-38-36-34-32-29-27-25-23-21-19-17-15-13-11-9-7-2/h8,10,14,16,19-22,25-28,31-34,60H,6-7,9,11-13,15,17-18,23-24,29-30,35-59H2,1-5H3/b10-8-,16-14-,21-19-,22-20-,27-25-,28-26-,33-31-,34-32-. The van der Waals surface area contributed by atoms with E-state index in [9.17, 15) is 19.0 Å². The van der Waals surface area contributed by atoms with Gasteiger partial charge in [-0.1, -0.05) is 220 Å². The zero-order chi connectivity index (χ0) is 52.7. The summed E-state index contributed by atoms with van der Waals surface area (Å²) in [6.45, 7) is 4.10. The molecule has 2 unspecified atom stereocenters. The second kappa shape index (κ2) is 52.8. The van der Waals surface area contributed by atoms with Crippen molar-refractivity contribution in [3.05, 3.63) is 97.2 Å². The van der Waals surface area contributed by atoms with Gasteiger partial charge >= 0.3 is 11.9 Å². The molecule has 0 heterocycles. The van der Waals surface area contributed by atoms with Crippen LogP contribution in [0.3, 0.4) is 0 Å². The van der Waals surface area contributed by atoms with E-state index in [0.29, 0.717) is 17.4 Å². The molecule has 0 aromatic carbocycles. The third kappa shape index (κ3) is 56.2. The molecule has 10 heteroatoms. The zero-order valence-corrected chi connectivity index (χ0v) is 47.7. The van der Waals surface area contributed by atoms with Crippen LogP contribution in [-0.2, 0) is 32.7 Å². The van der Waals surface area contributed by atoms with Crippen molar-refractivity contribution in [3.63, 3.8) is 0 Å². The summed E-state index contributed by atoms with van der Waals surface area (Å²) in [5.74, 6) is -0.852. The minimum atomic E-state index is -4.65. The minimum absolute atomic E-state index is 0.0383. The Bertz CT molecular complexity index is 1540. The quantitative estimate of drug-likeness (QED) is 0.0195. The lowest BCUT2D eigenvalue weighted by Crippen LogP contribution is -2.37.